The number of carbonyl (C=O) groups excluding carboxylic acids is 1. The van der Waals surface area contributed by atoms with Crippen LogP contribution >= 0.6 is 0 Å². The largest absolute Gasteiger partial charge is 0.468 e. The number of aromatic nitrogens is 5. The van der Waals surface area contributed by atoms with Crippen LogP contribution in [0.2, 0.25) is 0 Å². The molecule has 1 fully saturated rings. The molecule has 9 heteroatoms. The predicted octanol–water partition coefficient (Wildman–Crippen LogP) is 3.34. The van der Waals surface area contributed by atoms with Crippen LogP contribution in [-0.2, 0) is 16.1 Å². The van der Waals surface area contributed by atoms with E-state index in [4.69, 9.17) is 15.6 Å². The van der Waals surface area contributed by atoms with Gasteiger partial charge in [-0.05, 0) is 36.2 Å². The molecule has 6 rings (SSSR count). The first-order valence-corrected chi connectivity index (χ1v) is 12.0. The van der Waals surface area contributed by atoms with Gasteiger partial charge in [-0.25, -0.2) is 9.50 Å². The highest BCUT2D eigenvalue weighted by Crippen LogP contribution is 2.37. The maximum atomic E-state index is 11.8. The van der Waals surface area contributed by atoms with Crippen LogP contribution in [0.1, 0.15) is 23.6 Å². The Morgan fingerprint density at radius 2 is 2.03 bits per heavy atom. The predicted molar refractivity (Wildman–Crippen MR) is 137 cm³/mol. The van der Waals surface area contributed by atoms with Gasteiger partial charge in [-0.15, -0.1) is 0 Å². The lowest BCUT2D eigenvalue weighted by molar-refractivity contribution is -0.141. The molecule has 9 nitrogen and oxygen atoms in total. The van der Waals surface area contributed by atoms with Gasteiger partial charge >= 0.3 is 5.97 Å². The Hall–Kier alpha value is -4.24. The number of nitrogen functional groups attached to an aromatic ring is 1. The quantitative estimate of drug-likeness (QED) is 0.371. The van der Waals surface area contributed by atoms with Crippen molar-refractivity contribution in [3.63, 3.8) is 0 Å². The number of rotatable bonds is 6. The molecule has 182 valence electrons. The van der Waals surface area contributed by atoms with Gasteiger partial charge in [-0.1, -0.05) is 42.5 Å². The minimum Gasteiger partial charge on any atom is -0.468 e. The highest BCUT2D eigenvalue weighted by molar-refractivity contribution is 5.92. The molecule has 1 aliphatic heterocycles. The van der Waals surface area contributed by atoms with Crippen molar-refractivity contribution in [3.8, 4) is 11.1 Å². The van der Waals surface area contributed by atoms with E-state index in [0.29, 0.717) is 18.9 Å². The second-order valence-electron chi connectivity index (χ2n) is 9.27. The standard InChI is InChI=1S/C27H27N7O2/c1-36-25(35)16-32-10-9-21(14-32)24-12-22(26-27(28)29-17-30-34(24)26)19-7-8-20-15-33(31-23(20)11-19)13-18-5-3-2-4-6-18/h2-8,11-12,15,17,21H,9-10,13-14,16H2,1H3,(H2,28,29,30). The molecule has 1 aliphatic rings. The third-order valence-corrected chi connectivity index (χ3v) is 6.93. The maximum Gasteiger partial charge on any atom is 0.319 e. The molecule has 0 bridgehead atoms. The minimum atomic E-state index is -0.220. The summed E-state index contributed by atoms with van der Waals surface area (Å²) in [5, 5.41) is 10.4. The number of methoxy groups -OCH3 is 1. The normalized spacial score (nSPS) is 16.2. The zero-order chi connectivity index (χ0) is 24.6. The smallest absolute Gasteiger partial charge is 0.319 e. The molecule has 2 aromatic carbocycles. The Bertz CT molecular complexity index is 1560. The van der Waals surface area contributed by atoms with Gasteiger partial charge in [0.25, 0.3) is 0 Å². The maximum absolute atomic E-state index is 11.8. The molecule has 36 heavy (non-hydrogen) atoms. The number of esters is 1. The lowest BCUT2D eigenvalue weighted by Crippen LogP contribution is -2.28. The van der Waals surface area contributed by atoms with Gasteiger partial charge in [0.2, 0.25) is 0 Å². The number of likely N-dealkylation sites (tertiary alicyclic amines) is 1. The number of hydrogen-bond acceptors (Lipinski definition) is 7. The van der Waals surface area contributed by atoms with Crippen molar-refractivity contribution in [3.05, 3.63) is 78.4 Å². The van der Waals surface area contributed by atoms with Crippen molar-refractivity contribution in [1.29, 1.82) is 0 Å². The summed E-state index contributed by atoms with van der Waals surface area (Å²) in [5.74, 6) is 0.437. The molecular formula is C27H27N7O2. The van der Waals surface area contributed by atoms with Crippen molar-refractivity contribution >= 4 is 28.2 Å². The number of hydrogen-bond donors (Lipinski definition) is 1. The molecule has 0 saturated carbocycles. The van der Waals surface area contributed by atoms with Crippen LogP contribution in [0.25, 0.3) is 27.5 Å². The summed E-state index contributed by atoms with van der Waals surface area (Å²) in [7, 11) is 1.42. The summed E-state index contributed by atoms with van der Waals surface area (Å²) in [4.78, 5) is 18.1. The van der Waals surface area contributed by atoms with E-state index in [1.54, 1.807) is 0 Å². The fourth-order valence-electron chi connectivity index (χ4n) is 5.15. The van der Waals surface area contributed by atoms with Crippen molar-refractivity contribution in [2.45, 2.75) is 18.9 Å². The van der Waals surface area contributed by atoms with E-state index in [-0.39, 0.29) is 11.9 Å². The average Bonchev–Trinajstić information content (AvgIpc) is 3.61. The zero-order valence-electron chi connectivity index (χ0n) is 20.0. The summed E-state index contributed by atoms with van der Waals surface area (Å²) in [6.07, 6.45) is 4.49. The van der Waals surface area contributed by atoms with Gasteiger partial charge in [0.1, 0.15) is 11.8 Å². The van der Waals surface area contributed by atoms with Crippen LogP contribution in [0.3, 0.4) is 0 Å². The van der Waals surface area contributed by atoms with E-state index in [2.05, 4.69) is 57.6 Å². The van der Waals surface area contributed by atoms with Gasteiger partial charge in [-0.2, -0.15) is 10.2 Å². The average molecular weight is 482 g/mol. The summed E-state index contributed by atoms with van der Waals surface area (Å²) in [6, 6.07) is 18.8. The Morgan fingerprint density at radius 1 is 1.17 bits per heavy atom. The summed E-state index contributed by atoms with van der Waals surface area (Å²) in [5.41, 5.74) is 12.3. The fourth-order valence-corrected chi connectivity index (χ4v) is 5.15. The zero-order valence-corrected chi connectivity index (χ0v) is 20.0. The van der Waals surface area contributed by atoms with Gasteiger partial charge in [0.15, 0.2) is 5.82 Å². The summed E-state index contributed by atoms with van der Waals surface area (Å²) >= 11 is 0. The van der Waals surface area contributed by atoms with Crippen LogP contribution in [0.5, 0.6) is 0 Å². The Morgan fingerprint density at radius 3 is 2.86 bits per heavy atom. The third-order valence-electron chi connectivity index (χ3n) is 6.93. The molecule has 0 radical (unpaired) electrons. The number of carbonyl (C=O) groups is 1. The molecule has 0 spiro atoms. The lowest BCUT2D eigenvalue weighted by atomic mass is 10.0. The molecule has 0 aliphatic carbocycles. The van der Waals surface area contributed by atoms with Crippen molar-refractivity contribution in [1.82, 2.24) is 29.3 Å². The molecule has 1 unspecified atom stereocenters. The van der Waals surface area contributed by atoms with Crippen LogP contribution in [0.4, 0.5) is 5.82 Å². The van der Waals surface area contributed by atoms with Crippen molar-refractivity contribution in [2.75, 3.05) is 32.5 Å². The number of anilines is 1. The Balaban J connectivity index is 1.36. The molecule has 0 amide bonds. The first kappa shape index (κ1) is 22.2. The molecule has 5 aromatic rings. The van der Waals surface area contributed by atoms with Crippen LogP contribution in [0, 0.1) is 0 Å². The molecular weight excluding hydrogens is 454 g/mol. The van der Waals surface area contributed by atoms with E-state index >= 15 is 0 Å². The fraction of sp³-hybridized carbons (Fsp3) is 0.259. The monoisotopic (exact) mass is 481 g/mol. The van der Waals surface area contributed by atoms with E-state index in [1.165, 1.54) is 19.0 Å². The molecule has 1 saturated heterocycles. The third kappa shape index (κ3) is 4.07. The minimum absolute atomic E-state index is 0.220. The summed E-state index contributed by atoms with van der Waals surface area (Å²) < 4.78 is 8.72. The van der Waals surface area contributed by atoms with E-state index < -0.39 is 0 Å². The van der Waals surface area contributed by atoms with Crippen molar-refractivity contribution in [2.24, 2.45) is 0 Å². The van der Waals surface area contributed by atoms with Crippen molar-refractivity contribution < 1.29 is 9.53 Å². The second-order valence-corrected chi connectivity index (χ2v) is 9.27. The van der Waals surface area contributed by atoms with E-state index in [0.717, 1.165) is 52.8 Å². The summed E-state index contributed by atoms with van der Waals surface area (Å²) in [6.45, 7) is 2.60. The van der Waals surface area contributed by atoms with Crippen LogP contribution < -0.4 is 5.73 Å². The number of fused-ring (bicyclic) bond motifs is 2. The topological polar surface area (TPSA) is 104 Å². The first-order chi connectivity index (χ1) is 17.6. The second kappa shape index (κ2) is 9.09. The highest BCUT2D eigenvalue weighted by atomic mass is 16.5. The van der Waals surface area contributed by atoms with Gasteiger partial charge in [0.05, 0.1) is 25.7 Å². The van der Waals surface area contributed by atoms with Gasteiger partial charge in [0, 0.05) is 35.3 Å². The molecule has 1 atom stereocenters. The SMILES string of the molecule is COC(=O)CN1CCC(c2cc(-c3ccc4cn(Cc5ccccc5)nc4c3)c3c(N)ncnn23)C1. The first-order valence-electron chi connectivity index (χ1n) is 12.0. The highest BCUT2D eigenvalue weighted by Gasteiger charge is 2.29. The van der Waals surface area contributed by atoms with Crippen LogP contribution in [-0.4, -0.2) is 62.0 Å². The van der Waals surface area contributed by atoms with Gasteiger partial charge < -0.3 is 10.5 Å². The van der Waals surface area contributed by atoms with E-state index in [9.17, 15) is 4.79 Å². The van der Waals surface area contributed by atoms with Crippen LogP contribution in [0.15, 0.2) is 67.1 Å². The molecule has 2 N–H and O–H groups in total. The Labute approximate surface area is 208 Å². The van der Waals surface area contributed by atoms with E-state index in [1.807, 2.05) is 27.4 Å². The molecule has 4 heterocycles. The molecule has 3 aromatic heterocycles. The number of ether oxygens (including phenoxy) is 1. The number of nitrogens with zero attached hydrogens (tertiary/aromatic N) is 6. The Kier molecular flexibility index (Phi) is 5.61. The van der Waals surface area contributed by atoms with Gasteiger partial charge in [-0.3, -0.25) is 14.4 Å². The number of nitrogens with two attached hydrogens (primary N) is 1. The lowest BCUT2D eigenvalue weighted by Gasteiger charge is -2.14. The number of benzene rings is 2.